The van der Waals surface area contributed by atoms with E-state index in [-0.39, 0.29) is 12.4 Å². The van der Waals surface area contributed by atoms with Gasteiger partial charge in [-0.15, -0.1) is 19.0 Å². The summed E-state index contributed by atoms with van der Waals surface area (Å²) in [5, 5.41) is 0.969. The van der Waals surface area contributed by atoms with Crippen LogP contribution < -0.4 is 5.73 Å². The van der Waals surface area contributed by atoms with Gasteiger partial charge in [0.1, 0.15) is 0 Å². The van der Waals surface area contributed by atoms with Gasteiger partial charge in [0.25, 0.3) is 0 Å². The highest BCUT2D eigenvalue weighted by Crippen LogP contribution is 2.09. The first-order chi connectivity index (χ1) is 4.20. The third kappa shape index (κ3) is 5.98. The summed E-state index contributed by atoms with van der Waals surface area (Å²) in [6.07, 6.45) is 1.84. The van der Waals surface area contributed by atoms with Crippen molar-refractivity contribution in [2.45, 2.75) is 12.2 Å². The van der Waals surface area contributed by atoms with Crippen molar-refractivity contribution >= 4 is 29.3 Å². The molecule has 2 nitrogen and oxygen atoms in total. The molecule has 0 bridgehead atoms. The van der Waals surface area contributed by atoms with Gasteiger partial charge >= 0.3 is 0 Å². The quantitative estimate of drug-likeness (QED) is 0.399. The molecule has 10 heavy (non-hydrogen) atoms. The molecule has 0 fully saturated rings. The first-order valence-electron chi connectivity index (χ1n) is 2.72. The third-order valence-electron chi connectivity index (χ3n) is 0.859. The second-order valence-electron chi connectivity index (χ2n) is 1.62. The maximum atomic E-state index is 5.41. The number of hydrogen-bond acceptors (Lipinski definition) is 2. The highest BCUT2D eigenvalue weighted by Gasteiger charge is 1.97. The lowest BCUT2D eigenvalue weighted by atomic mass is 10.5. The number of nitrogens with two attached hydrogens (primary N) is 1. The molecule has 1 unspecified atom stereocenters. The molecule has 0 aliphatic rings. The maximum Gasteiger partial charge on any atom is 0.154 e. The van der Waals surface area contributed by atoms with Crippen molar-refractivity contribution in [2.24, 2.45) is 10.7 Å². The molecule has 0 aromatic heterocycles. The number of hydrogen-bond donors (Lipinski definition) is 1. The molecular weight excluding hydrogens is 168 g/mol. The van der Waals surface area contributed by atoms with Crippen molar-refractivity contribution in [1.29, 1.82) is 0 Å². The smallest absolute Gasteiger partial charge is 0.154 e. The lowest BCUT2D eigenvalue weighted by Crippen LogP contribution is -2.09. The van der Waals surface area contributed by atoms with E-state index >= 15 is 0 Å². The van der Waals surface area contributed by atoms with Crippen LogP contribution in [0.1, 0.15) is 6.92 Å². The maximum absolute atomic E-state index is 5.41. The Morgan fingerprint density at radius 2 is 2.30 bits per heavy atom. The number of rotatable bonds is 2. The standard InChI is InChI=1S/C6H12N2S.ClH/c1-4-5(2)9-6(7)8-3;/h4-5H,1H2,2-3H3,(H2,7,8);1H. The van der Waals surface area contributed by atoms with E-state index < -0.39 is 0 Å². The van der Waals surface area contributed by atoms with E-state index in [9.17, 15) is 0 Å². The fourth-order valence-electron chi connectivity index (χ4n) is 0.291. The zero-order chi connectivity index (χ0) is 7.28. The van der Waals surface area contributed by atoms with Crippen LogP contribution in [0.2, 0.25) is 0 Å². The average Bonchev–Trinajstić information content (AvgIpc) is 1.87. The second kappa shape index (κ2) is 6.96. The summed E-state index contributed by atoms with van der Waals surface area (Å²) in [6.45, 7) is 5.64. The van der Waals surface area contributed by atoms with Crippen LogP contribution in [0.4, 0.5) is 0 Å². The van der Waals surface area contributed by atoms with Crippen LogP contribution >= 0.6 is 24.2 Å². The summed E-state index contributed by atoms with van der Waals surface area (Å²) in [4.78, 5) is 3.79. The molecule has 0 heterocycles. The van der Waals surface area contributed by atoms with Crippen LogP contribution in [0.3, 0.4) is 0 Å². The average molecular weight is 181 g/mol. The Labute approximate surface area is 72.4 Å². The van der Waals surface area contributed by atoms with Gasteiger partial charge in [0, 0.05) is 12.3 Å². The van der Waals surface area contributed by atoms with E-state index in [1.54, 1.807) is 7.05 Å². The Morgan fingerprint density at radius 1 is 1.80 bits per heavy atom. The van der Waals surface area contributed by atoms with Crippen LogP contribution in [0, 0.1) is 0 Å². The van der Waals surface area contributed by atoms with Gasteiger partial charge in [0.15, 0.2) is 5.17 Å². The lowest BCUT2D eigenvalue weighted by Gasteiger charge is -2.01. The normalized spacial score (nSPS) is 13.6. The molecule has 0 spiro atoms. The molecule has 4 heteroatoms. The van der Waals surface area contributed by atoms with E-state index in [1.807, 2.05) is 13.0 Å². The van der Waals surface area contributed by atoms with Crippen molar-refractivity contribution in [3.8, 4) is 0 Å². The SMILES string of the molecule is C=CC(C)SC(N)=NC.Cl. The molecule has 0 aromatic carbocycles. The van der Waals surface area contributed by atoms with E-state index in [1.165, 1.54) is 11.8 Å². The van der Waals surface area contributed by atoms with Crippen LogP contribution in [-0.4, -0.2) is 17.5 Å². The Bertz CT molecular complexity index is 125. The minimum atomic E-state index is 0. The molecule has 0 aromatic rings. The Hall–Kier alpha value is -0.150. The predicted octanol–water partition coefficient (Wildman–Crippen LogP) is 1.66. The van der Waals surface area contributed by atoms with Crippen LogP contribution in [0.5, 0.6) is 0 Å². The van der Waals surface area contributed by atoms with Crippen molar-refractivity contribution in [3.05, 3.63) is 12.7 Å². The molecule has 0 aliphatic carbocycles. The lowest BCUT2D eigenvalue weighted by molar-refractivity contribution is 1.26. The topological polar surface area (TPSA) is 38.4 Å². The highest BCUT2D eigenvalue weighted by molar-refractivity contribution is 8.14. The van der Waals surface area contributed by atoms with E-state index in [0.717, 1.165) is 0 Å². The predicted molar refractivity (Wildman–Crippen MR) is 52.0 cm³/mol. The van der Waals surface area contributed by atoms with E-state index in [4.69, 9.17) is 5.73 Å². The van der Waals surface area contributed by atoms with E-state index in [0.29, 0.717) is 10.4 Å². The minimum Gasteiger partial charge on any atom is -0.379 e. The van der Waals surface area contributed by atoms with Crippen LogP contribution in [0.15, 0.2) is 17.6 Å². The van der Waals surface area contributed by atoms with Gasteiger partial charge in [0.2, 0.25) is 0 Å². The van der Waals surface area contributed by atoms with Crippen molar-refractivity contribution in [1.82, 2.24) is 0 Å². The second-order valence-corrected chi connectivity index (χ2v) is 3.02. The number of halogens is 1. The zero-order valence-corrected chi connectivity index (χ0v) is 7.84. The van der Waals surface area contributed by atoms with E-state index in [2.05, 4.69) is 11.6 Å². The van der Waals surface area contributed by atoms with Crippen LogP contribution in [-0.2, 0) is 0 Å². The van der Waals surface area contributed by atoms with Crippen LogP contribution in [0.25, 0.3) is 0 Å². The molecule has 0 radical (unpaired) electrons. The molecule has 60 valence electrons. The molecule has 2 N–H and O–H groups in total. The van der Waals surface area contributed by atoms with Crippen molar-refractivity contribution < 1.29 is 0 Å². The van der Waals surface area contributed by atoms with Gasteiger partial charge in [-0.3, -0.25) is 4.99 Å². The fraction of sp³-hybridized carbons (Fsp3) is 0.500. The number of nitrogens with zero attached hydrogens (tertiary/aromatic N) is 1. The highest BCUT2D eigenvalue weighted by atomic mass is 35.5. The Morgan fingerprint density at radius 3 is 2.60 bits per heavy atom. The zero-order valence-electron chi connectivity index (χ0n) is 6.20. The molecule has 0 aliphatic heterocycles. The molecule has 0 saturated carbocycles. The van der Waals surface area contributed by atoms with Gasteiger partial charge in [-0.05, 0) is 6.92 Å². The summed E-state index contributed by atoms with van der Waals surface area (Å²) in [6, 6.07) is 0. The van der Waals surface area contributed by atoms with Gasteiger partial charge < -0.3 is 5.73 Å². The van der Waals surface area contributed by atoms with Gasteiger partial charge in [0.05, 0.1) is 0 Å². The number of amidine groups is 1. The summed E-state index contributed by atoms with van der Waals surface area (Å²) in [7, 11) is 1.68. The van der Waals surface area contributed by atoms with Crippen molar-refractivity contribution in [3.63, 3.8) is 0 Å². The summed E-state index contributed by atoms with van der Waals surface area (Å²) < 4.78 is 0. The summed E-state index contributed by atoms with van der Waals surface area (Å²) >= 11 is 1.51. The summed E-state index contributed by atoms with van der Waals surface area (Å²) in [5.41, 5.74) is 5.41. The molecule has 0 rings (SSSR count). The Kier molecular flexibility index (Phi) is 8.72. The van der Waals surface area contributed by atoms with Gasteiger partial charge in [-0.1, -0.05) is 17.8 Å². The molecule has 0 saturated heterocycles. The first-order valence-corrected chi connectivity index (χ1v) is 3.60. The largest absolute Gasteiger partial charge is 0.379 e. The third-order valence-corrected chi connectivity index (χ3v) is 1.85. The molecular formula is C6H13ClN2S. The van der Waals surface area contributed by atoms with Gasteiger partial charge in [-0.25, -0.2) is 0 Å². The number of thioether (sulfide) groups is 1. The molecule has 1 atom stereocenters. The first kappa shape index (κ1) is 12.5. The van der Waals surface area contributed by atoms with Gasteiger partial charge in [-0.2, -0.15) is 0 Å². The fourth-order valence-corrected chi connectivity index (χ4v) is 0.874. The number of aliphatic imine (C=N–C) groups is 1. The van der Waals surface area contributed by atoms with Crippen molar-refractivity contribution in [2.75, 3.05) is 7.05 Å². The molecule has 0 amide bonds. The Balaban J connectivity index is 0. The summed E-state index contributed by atoms with van der Waals surface area (Å²) in [5.74, 6) is 0. The monoisotopic (exact) mass is 180 g/mol. The minimum absolute atomic E-state index is 0.